The SMILES string of the molecule is N#Cc1cc(-c2nc(C3CC4CCC3O4)no2)ccn1. The zero-order valence-corrected chi connectivity index (χ0v) is 10.7. The number of hydrogen-bond donors (Lipinski definition) is 0. The first-order chi connectivity index (χ1) is 9.83. The highest BCUT2D eigenvalue weighted by atomic mass is 16.5. The van der Waals surface area contributed by atoms with Crippen LogP contribution in [0.1, 0.15) is 36.7 Å². The Bertz CT molecular complexity index is 690. The van der Waals surface area contributed by atoms with Crippen LogP contribution in [0.2, 0.25) is 0 Å². The fraction of sp³-hybridized carbons (Fsp3) is 0.429. The summed E-state index contributed by atoms with van der Waals surface area (Å²) >= 11 is 0. The fourth-order valence-electron chi connectivity index (χ4n) is 3.04. The maximum atomic E-state index is 8.86. The van der Waals surface area contributed by atoms with Gasteiger partial charge in [-0.2, -0.15) is 10.2 Å². The van der Waals surface area contributed by atoms with E-state index in [9.17, 15) is 0 Å². The van der Waals surface area contributed by atoms with Gasteiger partial charge in [0.05, 0.1) is 18.1 Å². The Morgan fingerprint density at radius 3 is 3.05 bits per heavy atom. The van der Waals surface area contributed by atoms with Crippen molar-refractivity contribution in [3.05, 3.63) is 29.8 Å². The average Bonchev–Trinajstić information content (AvgIpc) is 3.22. The van der Waals surface area contributed by atoms with Crippen LogP contribution >= 0.6 is 0 Å². The molecule has 3 unspecified atom stereocenters. The van der Waals surface area contributed by atoms with Crippen LogP contribution in [0, 0.1) is 11.3 Å². The minimum absolute atomic E-state index is 0.234. The van der Waals surface area contributed by atoms with E-state index in [0.29, 0.717) is 23.5 Å². The van der Waals surface area contributed by atoms with E-state index < -0.39 is 0 Å². The van der Waals surface area contributed by atoms with Crippen molar-refractivity contribution in [1.82, 2.24) is 15.1 Å². The molecule has 6 nitrogen and oxygen atoms in total. The van der Waals surface area contributed by atoms with Crippen LogP contribution in [0.3, 0.4) is 0 Å². The molecular weight excluding hydrogens is 256 g/mol. The monoisotopic (exact) mass is 268 g/mol. The van der Waals surface area contributed by atoms with Gasteiger partial charge in [-0.3, -0.25) is 0 Å². The lowest BCUT2D eigenvalue weighted by molar-refractivity contribution is 0.0996. The van der Waals surface area contributed by atoms with Gasteiger partial charge in [-0.25, -0.2) is 4.98 Å². The first kappa shape index (κ1) is 11.6. The van der Waals surface area contributed by atoms with Gasteiger partial charge in [0.15, 0.2) is 5.82 Å². The standard InChI is InChI=1S/C14H12N4O2/c15-7-9-5-8(3-4-16-9)14-17-13(18-20-14)11-6-10-1-2-12(11)19-10/h3-5,10-12H,1-2,6H2. The van der Waals surface area contributed by atoms with Crippen LogP contribution in [0.5, 0.6) is 0 Å². The maximum Gasteiger partial charge on any atom is 0.258 e. The Balaban J connectivity index is 1.63. The summed E-state index contributed by atoms with van der Waals surface area (Å²) in [6, 6.07) is 5.41. The summed E-state index contributed by atoms with van der Waals surface area (Å²) in [6.45, 7) is 0. The van der Waals surface area contributed by atoms with Gasteiger partial charge in [0.2, 0.25) is 0 Å². The van der Waals surface area contributed by atoms with E-state index in [1.165, 1.54) is 0 Å². The van der Waals surface area contributed by atoms with E-state index in [1.807, 2.05) is 6.07 Å². The van der Waals surface area contributed by atoms with E-state index in [2.05, 4.69) is 15.1 Å². The number of fused-ring (bicyclic) bond motifs is 2. The molecule has 2 aliphatic rings. The Morgan fingerprint density at radius 2 is 2.30 bits per heavy atom. The third-order valence-electron chi connectivity index (χ3n) is 4.00. The van der Waals surface area contributed by atoms with Gasteiger partial charge in [0.25, 0.3) is 5.89 Å². The van der Waals surface area contributed by atoms with E-state index in [0.717, 1.165) is 24.8 Å². The van der Waals surface area contributed by atoms with Crippen molar-refractivity contribution in [3.63, 3.8) is 0 Å². The summed E-state index contributed by atoms with van der Waals surface area (Å²) < 4.78 is 11.1. The molecule has 20 heavy (non-hydrogen) atoms. The van der Waals surface area contributed by atoms with Crippen molar-refractivity contribution in [3.8, 4) is 17.5 Å². The lowest BCUT2D eigenvalue weighted by atomic mass is 9.89. The number of rotatable bonds is 2. The molecule has 0 N–H and O–H groups in total. The summed E-state index contributed by atoms with van der Waals surface area (Å²) in [6.07, 6.45) is 5.35. The number of nitrogens with zero attached hydrogens (tertiary/aromatic N) is 4. The molecule has 2 aromatic heterocycles. The van der Waals surface area contributed by atoms with Gasteiger partial charge in [-0.1, -0.05) is 5.16 Å². The molecule has 100 valence electrons. The minimum atomic E-state index is 0.234. The molecule has 2 aromatic rings. The van der Waals surface area contributed by atoms with Crippen LogP contribution in [-0.2, 0) is 4.74 Å². The van der Waals surface area contributed by atoms with Crippen molar-refractivity contribution in [2.45, 2.75) is 37.4 Å². The van der Waals surface area contributed by atoms with Crippen molar-refractivity contribution < 1.29 is 9.26 Å². The first-order valence-corrected chi connectivity index (χ1v) is 6.69. The second kappa shape index (κ2) is 4.39. The molecule has 0 spiro atoms. The van der Waals surface area contributed by atoms with E-state index in [4.69, 9.17) is 14.5 Å². The highest BCUT2D eigenvalue weighted by Crippen LogP contribution is 2.43. The largest absolute Gasteiger partial charge is 0.374 e. The molecule has 2 aliphatic heterocycles. The van der Waals surface area contributed by atoms with Gasteiger partial charge >= 0.3 is 0 Å². The molecule has 6 heteroatoms. The number of aromatic nitrogens is 3. The summed E-state index contributed by atoms with van der Waals surface area (Å²) in [4.78, 5) is 8.39. The number of pyridine rings is 1. The van der Waals surface area contributed by atoms with Gasteiger partial charge < -0.3 is 9.26 Å². The number of ether oxygens (including phenoxy) is 1. The molecular formula is C14H12N4O2. The highest BCUT2D eigenvalue weighted by molar-refractivity contribution is 5.54. The molecule has 2 saturated heterocycles. The quantitative estimate of drug-likeness (QED) is 0.828. The van der Waals surface area contributed by atoms with Crippen molar-refractivity contribution in [2.75, 3.05) is 0 Å². The fourth-order valence-corrected chi connectivity index (χ4v) is 3.04. The van der Waals surface area contributed by atoms with Crippen LogP contribution in [0.25, 0.3) is 11.5 Å². The average molecular weight is 268 g/mol. The molecule has 0 saturated carbocycles. The third kappa shape index (κ3) is 1.79. The van der Waals surface area contributed by atoms with Crippen molar-refractivity contribution >= 4 is 0 Å². The van der Waals surface area contributed by atoms with Crippen LogP contribution in [-0.4, -0.2) is 27.3 Å². The van der Waals surface area contributed by atoms with E-state index >= 15 is 0 Å². The zero-order chi connectivity index (χ0) is 13.5. The molecule has 3 atom stereocenters. The highest BCUT2D eigenvalue weighted by Gasteiger charge is 2.43. The molecule has 0 aliphatic carbocycles. The minimum Gasteiger partial charge on any atom is -0.374 e. The summed E-state index contributed by atoms with van der Waals surface area (Å²) in [5.74, 6) is 1.38. The molecule has 4 rings (SSSR count). The van der Waals surface area contributed by atoms with E-state index in [1.54, 1.807) is 18.3 Å². The third-order valence-corrected chi connectivity index (χ3v) is 4.00. The number of hydrogen-bond acceptors (Lipinski definition) is 6. The predicted molar refractivity (Wildman–Crippen MR) is 67.5 cm³/mol. The molecule has 0 amide bonds. The van der Waals surface area contributed by atoms with Gasteiger partial charge in [0.1, 0.15) is 11.8 Å². The second-order valence-electron chi connectivity index (χ2n) is 5.22. The lowest BCUT2D eigenvalue weighted by Gasteiger charge is -2.13. The topological polar surface area (TPSA) is 84.8 Å². The summed E-state index contributed by atoms with van der Waals surface area (Å²) in [5.41, 5.74) is 1.06. The zero-order valence-electron chi connectivity index (χ0n) is 10.7. The molecule has 4 heterocycles. The van der Waals surface area contributed by atoms with Crippen LogP contribution in [0.15, 0.2) is 22.9 Å². The van der Waals surface area contributed by atoms with Gasteiger partial charge in [0, 0.05) is 11.8 Å². The van der Waals surface area contributed by atoms with Crippen LogP contribution in [0.4, 0.5) is 0 Å². The van der Waals surface area contributed by atoms with Gasteiger partial charge in [-0.15, -0.1) is 0 Å². The Morgan fingerprint density at radius 1 is 1.35 bits per heavy atom. The smallest absolute Gasteiger partial charge is 0.258 e. The molecule has 0 radical (unpaired) electrons. The van der Waals surface area contributed by atoms with Crippen LogP contribution < -0.4 is 0 Å². The first-order valence-electron chi connectivity index (χ1n) is 6.69. The molecule has 2 fully saturated rings. The lowest BCUT2D eigenvalue weighted by Crippen LogP contribution is -2.15. The normalized spacial score (nSPS) is 27.6. The Kier molecular flexibility index (Phi) is 2.54. The maximum absolute atomic E-state index is 8.86. The second-order valence-corrected chi connectivity index (χ2v) is 5.22. The van der Waals surface area contributed by atoms with E-state index in [-0.39, 0.29) is 12.0 Å². The number of nitriles is 1. The summed E-state index contributed by atoms with van der Waals surface area (Å²) in [5, 5.41) is 12.9. The van der Waals surface area contributed by atoms with Crippen molar-refractivity contribution in [2.24, 2.45) is 0 Å². The Labute approximate surface area is 115 Å². The van der Waals surface area contributed by atoms with Gasteiger partial charge in [-0.05, 0) is 31.4 Å². The molecule has 0 aromatic carbocycles. The summed E-state index contributed by atoms with van der Waals surface area (Å²) in [7, 11) is 0. The Hall–Kier alpha value is -2.26. The van der Waals surface area contributed by atoms with Crippen molar-refractivity contribution in [1.29, 1.82) is 5.26 Å². The predicted octanol–water partition coefficient (Wildman–Crippen LogP) is 2.04. The molecule has 2 bridgehead atoms.